The fourth-order valence-corrected chi connectivity index (χ4v) is 9.51. The molecule has 0 aromatic rings. The van der Waals surface area contributed by atoms with Crippen molar-refractivity contribution < 1.29 is 52.8 Å². The van der Waals surface area contributed by atoms with E-state index in [9.17, 15) is 29.1 Å². The minimum atomic E-state index is -0.515. The molecule has 0 heterocycles. The van der Waals surface area contributed by atoms with E-state index in [1.165, 1.54) is 103 Å². The van der Waals surface area contributed by atoms with E-state index in [0.717, 1.165) is 109 Å². The first kappa shape index (κ1) is 66.3. The van der Waals surface area contributed by atoms with Gasteiger partial charge >= 0.3 is 29.8 Å². The summed E-state index contributed by atoms with van der Waals surface area (Å²) in [4.78, 5) is 66.3. The van der Waals surface area contributed by atoms with E-state index >= 15 is 0 Å². The van der Waals surface area contributed by atoms with Gasteiger partial charge in [0.05, 0.1) is 25.7 Å². The van der Waals surface area contributed by atoms with Crippen molar-refractivity contribution in [3.63, 3.8) is 0 Å². The lowest BCUT2D eigenvalue weighted by Crippen LogP contribution is -2.38. The zero-order valence-electron chi connectivity index (χ0n) is 46.2. The number of ether oxygens (including phenoxy) is 5. The normalized spacial score (nSPS) is 13.5. The minimum absolute atomic E-state index is 0.0222. The molecule has 71 heavy (non-hydrogen) atoms. The third kappa shape index (κ3) is 42.3. The molecule has 12 heteroatoms. The van der Waals surface area contributed by atoms with E-state index in [1.807, 2.05) is 0 Å². The van der Waals surface area contributed by atoms with E-state index in [-0.39, 0.29) is 82.3 Å². The van der Waals surface area contributed by atoms with E-state index in [1.54, 1.807) is 0 Å². The van der Waals surface area contributed by atoms with Crippen molar-refractivity contribution in [2.45, 2.75) is 284 Å². The van der Waals surface area contributed by atoms with E-state index in [4.69, 9.17) is 23.7 Å². The number of carbonyl (C=O) groups is 5. The van der Waals surface area contributed by atoms with Gasteiger partial charge in [0.15, 0.2) is 0 Å². The summed E-state index contributed by atoms with van der Waals surface area (Å²) < 4.78 is 28.2. The summed E-state index contributed by atoms with van der Waals surface area (Å²) in [5, 5.41) is 9.70. The molecule has 0 aliphatic heterocycles. The predicted molar refractivity (Wildman–Crippen MR) is 286 cm³/mol. The molecule has 1 saturated carbocycles. The van der Waals surface area contributed by atoms with Crippen molar-refractivity contribution in [1.29, 1.82) is 0 Å². The Balaban J connectivity index is 2.65. The maximum Gasteiger partial charge on any atom is 0.305 e. The number of aliphatic hydroxyl groups excluding tert-OH is 1. The van der Waals surface area contributed by atoms with Crippen LogP contribution in [0.25, 0.3) is 0 Å². The molecule has 1 aliphatic rings. The summed E-state index contributed by atoms with van der Waals surface area (Å²) in [6.45, 7) is 8.30. The second-order valence-corrected chi connectivity index (χ2v) is 20.9. The molecule has 0 spiro atoms. The number of hydrogen-bond acceptors (Lipinski definition) is 12. The van der Waals surface area contributed by atoms with Crippen LogP contribution in [0.4, 0.5) is 0 Å². The number of hydrogen-bond donors (Lipinski definition) is 1. The second-order valence-electron chi connectivity index (χ2n) is 20.9. The Morgan fingerprint density at radius 3 is 1.01 bits per heavy atom. The molecule has 0 saturated heterocycles. The Kier molecular flexibility index (Phi) is 46.2. The first-order chi connectivity index (χ1) is 34.7. The highest BCUT2D eigenvalue weighted by molar-refractivity contribution is 5.71. The lowest BCUT2D eigenvalue weighted by molar-refractivity contribution is -0.155. The average molecular weight is 1010 g/mol. The maximum absolute atomic E-state index is 13.1. The summed E-state index contributed by atoms with van der Waals surface area (Å²) in [7, 11) is 0. The van der Waals surface area contributed by atoms with Crippen LogP contribution in [0.2, 0.25) is 0 Å². The van der Waals surface area contributed by atoms with E-state index in [2.05, 4.69) is 25.7 Å². The third-order valence-electron chi connectivity index (χ3n) is 14.2. The molecule has 1 rings (SSSR count). The highest BCUT2D eigenvalue weighted by Crippen LogP contribution is 2.23. The molecule has 0 bridgehead atoms. The summed E-state index contributed by atoms with van der Waals surface area (Å²) in [6.07, 6.45) is 40.2. The van der Waals surface area contributed by atoms with Gasteiger partial charge < -0.3 is 28.8 Å². The van der Waals surface area contributed by atoms with E-state index < -0.39 is 11.9 Å². The highest BCUT2D eigenvalue weighted by atomic mass is 16.6. The number of unbranched alkanes of at least 4 members (excludes halogenated alkanes) is 23. The van der Waals surface area contributed by atoms with Crippen LogP contribution >= 0.6 is 0 Å². The van der Waals surface area contributed by atoms with Gasteiger partial charge in [0.25, 0.3) is 0 Å². The Bertz CT molecular complexity index is 1240. The van der Waals surface area contributed by atoms with Gasteiger partial charge in [-0.15, -0.1) is 0 Å². The van der Waals surface area contributed by atoms with Crippen LogP contribution < -0.4 is 0 Å². The second kappa shape index (κ2) is 49.5. The third-order valence-corrected chi connectivity index (χ3v) is 14.2. The number of aliphatic hydroxyl groups is 1. The number of esters is 5. The summed E-state index contributed by atoms with van der Waals surface area (Å²) in [5.41, 5.74) is 0. The van der Waals surface area contributed by atoms with Gasteiger partial charge in [-0.2, -0.15) is 0 Å². The van der Waals surface area contributed by atoms with E-state index in [0.29, 0.717) is 51.1 Å². The average Bonchev–Trinajstić information content (AvgIpc) is 3.66. The van der Waals surface area contributed by atoms with Crippen LogP contribution in [0.5, 0.6) is 0 Å². The lowest BCUT2D eigenvalue weighted by Gasteiger charge is -2.30. The first-order valence-electron chi connectivity index (χ1n) is 29.8. The van der Waals surface area contributed by atoms with Crippen molar-refractivity contribution >= 4 is 29.8 Å². The molecule has 0 aromatic heterocycles. The minimum Gasteiger partial charge on any atom is -0.465 e. The summed E-state index contributed by atoms with van der Waals surface area (Å²) in [5.74, 6) is -2.35. The molecule has 416 valence electrons. The molecule has 1 unspecified atom stereocenters. The smallest absolute Gasteiger partial charge is 0.305 e. The molecule has 0 amide bonds. The van der Waals surface area contributed by atoms with Crippen LogP contribution in [0, 0.1) is 11.8 Å². The van der Waals surface area contributed by atoms with Gasteiger partial charge in [-0.1, -0.05) is 188 Å². The first-order valence-corrected chi connectivity index (χ1v) is 29.8. The number of carbonyl (C=O) groups excluding carboxylic acids is 5. The SMILES string of the molecule is CCCCCCCCCCCCCCCCCC(=O)OCC(COC(=O)CCCCN(CCO)C1CCCCCC1)COC(=O)CCCC(COC(=O)CCCCCCC)COC(=O)CCCCCCC. The predicted octanol–water partition coefficient (Wildman–Crippen LogP) is 14.3. The van der Waals surface area contributed by atoms with Crippen LogP contribution in [-0.4, -0.2) is 98.6 Å². The van der Waals surface area contributed by atoms with Crippen molar-refractivity contribution in [2.75, 3.05) is 52.7 Å². The highest BCUT2D eigenvalue weighted by Gasteiger charge is 2.22. The molecule has 1 N–H and O–H groups in total. The van der Waals surface area contributed by atoms with Crippen LogP contribution in [0.1, 0.15) is 278 Å². The van der Waals surface area contributed by atoms with Crippen LogP contribution in [0.15, 0.2) is 0 Å². The number of rotatable bonds is 50. The Labute approximate surface area is 434 Å². The molecule has 1 fully saturated rings. The standard InChI is InChI=1S/C59H109NO11/c1-4-7-10-13-14-15-16-17-18-19-20-21-22-25-32-41-57(64)69-49-53(50-70-58(65)42-33-34-44-60(45-46-61)54-37-28-26-27-29-38-54)51-71-59(66)43-35-36-52(47-67-55(62)39-30-23-11-8-5-2)48-68-56(63)40-31-24-12-9-6-3/h52-54,61H,4-51H2,1-3H3. The van der Waals surface area contributed by atoms with Gasteiger partial charge in [0.1, 0.15) is 19.8 Å². The van der Waals surface area contributed by atoms with Crippen molar-refractivity contribution in [2.24, 2.45) is 11.8 Å². The zero-order valence-corrected chi connectivity index (χ0v) is 46.2. The van der Waals surface area contributed by atoms with Crippen molar-refractivity contribution in [3.05, 3.63) is 0 Å². The van der Waals surface area contributed by atoms with Crippen LogP contribution in [-0.2, 0) is 47.7 Å². The van der Waals surface area contributed by atoms with Crippen LogP contribution in [0.3, 0.4) is 0 Å². The molecule has 1 atom stereocenters. The topological polar surface area (TPSA) is 155 Å². The molecule has 0 radical (unpaired) electrons. The molecule has 0 aromatic carbocycles. The fraction of sp³-hybridized carbons (Fsp3) is 0.915. The Morgan fingerprint density at radius 1 is 0.380 bits per heavy atom. The Morgan fingerprint density at radius 2 is 0.676 bits per heavy atom. The Hall–Kier alpha value is -2.73. The van der Waals surface area contributed by atoms with Gasteiger partial charge in [0.2, 0.25) is 0 Å². The maximum atomic E-state index is 13.1. The quantitative estimate of drug-likeness (QED) is 0.0267. The zero-order chi connectivity index (χ0) is 51.7. The largest absolute Gasteiger partial charge is 0.465 e. The molecular weight excluding hydrogens is 899 g/mol. The number of nitrogens with zero attached hydrogens (tertiary/aromatic N) is 1. The lowest BCUT2D eigenvalue weighted by atomic mass is 10.0. The van der Waals surface area contributed by atoms with Gasteiger partial charge in [-0.3, -0.25) is 28.9 Å². The van der Waals surface area contributed by atoms with Gasteiger partial charge in [-0.05, 0) is 64.3 Å². The molecular formula is C59H109NO11. The van der Waals surface area contributed by atoms with Crippen molar-refractivity contribution in [3.8, 4) is 0 Å². The summed E-state index contributed by atoms with van der Waals surface area (Å²) >= 11 is 0. The fourth-order valence-electron chi connectivity index (χ4n) is 9.51. The van der Waals surface area contributed by atoms with Gasteiger partial charge in [0, 0.05) is 50.6 Å². The monoisotopic (exact) mass is 1010 g/mol. The van der Waals surface area contributed by atoms with Crippen molar-refractivity contribution in [1.82, 2.24) is 4.90 Å². The summed E-state index contributed by atoms with van der Waals surface area (Å²) in [6, 6.07) is 0.488. The molecule has 12 nitrogen and oxygen atoms in total. The van der Waals surface area contributed by atoms with Gasteiger partial charge in [-0.25, -0.2) is 0 Å². The molecule has 1 aliphatic carbocycles.